The van der Waals surface area contributed by atoms with Crippen LogP contribution in [0.5, 0.6) is 0 Å². The Kier molecular flexibility index (Phi) is 2.97. The summed E-state index contributed by atoms with van der Waals surface area (Å²) in [5.74, 6) is -0.460. The standard InChI is InChI=1S/C18H23NO3/c1-11-6-7-13(12(2)10-11)19-14(20)18-9-8-17(5,15(21)22-18)16(18,3)4/h6-7,10H,8-9H2,1-5H3,(H,19,20)/t17-,18+/m0/s1. The van der Waals surface area contributed by atoms with Crippen molar-refractivity contribution >= 4 is 17.6 Å². The molecule has 1 N–H and O–H groups in total. The number of aryl methyl sites for hydroxylation is 2. The normalized spacial score (nSPS) is 32.0. The van der Waals surface area contributed by atoms with Crippen molar-refractivity contribution in [3.8, 4) is 0 Å². The smallest absolute Gasteiger partial charge is 0.313 e. The number of fused-ring (bicyclic) bond motifs is 2. The van der Waals surface area contributed by atoms with E-state index in [2.05, 4.69) is 5.32 Å². The number of esters is 1. The molecule has 2 bridgehead atoms. The average Bonchev–Trinajstić information content (AvgIpc) is 2.72. The van der Waals surface area contributed by atoms with E-state index < -0.39 is 16.4 Å². The summed E-state index contributed by atoms with van der Waals surface area (Å²) >= 11 is 0. The molecule has 1 aliphatic heterocycles. The summed E-state index contributed by atoms with van der Waals surface area (Å²) < 4.78 is 5.61. The molecule has 22 heavy (non-hydrogen) atoms. The molecule has 2 aliphatic rings. The van der Waals surface area contributed by atoms with Crippen LogP contribution >= 0.6 is 0 Å². The summed E-state index contributed by atoms with van der Waals surface area (Å²) in [7, 11) is 0. The van der Waals surface area contributed by atoms with E-state index in [0.29, 0.717) is 12.8 Å². The van der Waals surface area contributed by atoms with E-state index in [1.54, 1.807) is 0 Å². The third kappa shape index (κ3) is 1.64. The first-order chi connectivity index (χ1) is 10.1. The number of ether oxygens (including phenoxy) is 1. The predicted molar refractivity (Wildman–Crippen MR) is 84.5 cm³/mol. The minimum absolute atomic E-state index is 0.209. The lowest BCUT2D eigenvalue weighted by Crippen LogP contribution is -2.50. The van der Waals surface area contributed by atoms with Crippen LogP contribution in [-0.4, -0.2) is 17.5 Å². The molecule has 1 saturated carbocycles. The zero-order chi connectivity index (χ0) is 16.3. The van der Waals surface area contributed by atoms with Crippen molar-refractivity contribution in [2.45, 2.75) is 53.1 Å². The highest BCUT2D eigenvalue weighted by Gasteiger charge is 2.75. The fourth-order valence-electron chi connectivity index (χ4n) is 3.92. The number of anilines is 1. The summed E-state index contributed by atoms with van der Waals surface area (Å²) in [4.78, 5) is 25.2. The van der Waals surface area contributed by atoms with Crippen molar-refractivity contribution in [3.63, 3.8) is 0 Å². The lowest BCUT2D eigenvalue weighted by molar-refractivity contribution is -0.165. The minimum Gasteiger partial charge on any atom is -0.448 e. The third-order valence-corrected chi connectivity index (χ3v) is 6.08. The summed E-state index contributed by atoms with van der Waals surface area (Å²) in [6, 6.07) is 5.89. The van der Waals surface area contributed by atoms with Crippen molar-refractivity contribution in [1.82, 2.24) is 0 Å². The molecule has 4 heteroatoms. The topological polar surface area (TPSA) is 55.4 Å². The lowest BCUT2D eigenvalue weighted by atomic mass is 9.66. The minimum atomic E-state index is -1.06. The molecule has 118 valence electrons. The second-order valence-corrected chi connectivity index (χ2v) is 7.45. The van der Waals surface area contributed by atoms with Crippen molar-refractivity contribution in [2.24, 2.45) is 10.8 Å². The maximum atomic E-state index is 12.9. The van der Waals surface area contributed by atoms with Crippen molar-refractivity contribution in [3.05, 3.63) is 29.3 Å². The summed E-state index contributed by atoms with van der Waals surface area (Å²) in [5.41, 5.74) is 0.780. The Morgan fingerprint density at radius 3 is 2.36 bits per heavy atom. The average molecular weight is 301 g/mol. The first-order valence-electron chi connectivity index (χ1n) is 7.76. The molecular weight excluding hydrogens is 278 g/mol. The van der Waals surface area contributed by atoms with E-state index in [9.17, 15) is 9.59 Å². The van der Waals surface area contributed by atoms with E-state index in [-0.39, 0.29) is 11.9 Å². The molecule has 0 unspecified atom stereocenters. The first kappa shape index (κ1) is 15.1. The molecule has 2 fully saturated rings. The molecule has 1 aliphatic carbocycles. The zero-order valence-corrected chi connectivity index (χ0v) is 13.9. The van der Waals surface area contributed by atoms with Gasteiger partial charge in [-0.15, -0.1) is 0 Å². The van der Waals surface area contributed by atoms with Gasteiger partial charge in [-0.2, -0.15) is 0 Å². The van der Waals surface area contributed by atoms with Gasteiger partial charge in [0.05, 0.1) is 5.41 Å². The van der Waals surface area contributed by atoms with Gasteiger partial charge < -0.3 is 10.1 Å². The molecule has 4 nitrogen and oxygen atoms in total. The van der Waals surface area contributed by atoms with Crippen LogP contribution in [0.25, 0.3) is 0 Å². The Morgan fingerprint density at radius 2 is 1.86 bits per heavy atom. The number of carbonyl (C=O) groups excluding carboxylic acids is 2. The number of carbonyl (C=O) groups is 2. The summed E-state index contributed by atoms with van der Waals surface area (Å²) in [5, 5.41) is 2.98. The molecule has 1 amide bonds. The van der Waals surface area contributed by atoms with E-state index in [0.717, 1.165) is 16.8 Å². The van der Waals surface area contributed by atoms with Gasteiger partial charge in [-0.25, -0.2) is 0 Å². The van der Waals surface area contributed by atoms with Gasteiger partial charge in [-0.05, 0) is 45.2 Å². The molecule has 0 radical (unpaired) electrons. The van der Waals surface area contributed by atoms with Crippen LogP contribution in [0.3, 0.4) is 0 Å². The lowest BCUT2D eigenvalue weighted by Gasteiger charge is -2.35. The van der Waals surface area contributed by atoms with Gasteiger partial charge in [0.2, 0.25) is 0 Å². The third-order valence-electron chi connectivity index (χ3n) is 6.08. The van der Waals surface area contributed by atoms with Crippen molar-refractivity contribution in [2.75, 3.05) is 5.32 Å². The highest BCUT2D eigenvalue weighted by atomic mass is 16.6. The Bertz CT molecular complexity index is 679. The van der Waals surface area contributed by atoms with Crippen LogP contribution < -0.4 is 5.32 Å². The van der Waals surface area contributed by atoms with Gasteiger partial charge in [0.15, 0.2) is 5.60 Å². The number of nitrogens with one attached hydrogen (secondary N) is 1. The van der Waals surface area contributed by atoms with Gasteiger partial charge in [0, 0.05) is 11.1 Å². The molecule has 0 aromatic heterocycles. The maximum absolute atomic E-state index is 12.9. The van der Waals surface area contributed by atoms with Crippen molar-refractivity contribution in [1.29, 1.82) is 0 Å². The molecule has 3 rings (SSSR count). The van der Waals surface area contributed by atoms with Crippen LogP contribution in [0.1, 0.15) is 44.7 Å². The fraction of sp³-hybridized carbons (Fsp3) is 0.556. The van der Waals surface area contributed by atoms with E-state index in [1.165, 1.54) is 0 Å². The van der Waals surface area contributed by atoms with Crippen LogP contribution in [0.2, 0.25) is 0 Å². The predicted octanol–water partition coefficient (Wildman–Crippen LogP) is 3.36. The number of benzene rings is 1. The van der Waals surface area contributed by atoms with Gasteiger partial charge in [-0.3, -0.25) is 9.59 Å². The van der Waals surface area contributed by atoms with E-state index in [4.69, 9.17) is 4.74 Å². The van der Waals surface area contributed by atoms with Crippen LogP contribution in [-0.2, 0) is 14.3 Å². The Morgan fingerprint density at radius 1 is 1.18 bits per heavy atom. The molecule has 1 aromatic carbocycles. The molecule has 1 saturated heterocycles. The number of hydrogen-bond donors (Lipinski definition) is 1. The van der Waals surface area contributed by atoms with Gasteiger partial charge in [0.25, 0.3) is 5.91 Å². The van der Waals surface area contributed by atoms with E-state index in [1.807, 2.05) is 52.8 Å². The Balaban J connectivity index is 1.94. The van der Waals surface area contributed by atoms with E-state index >= 15 is 0 Å². The molecule has 1 aromatic rings. The highest BCUT2D eigenvalue weighted by molar-refractivity contribution is 6.03. The molecule has 1 heterocycles. The van der Waals surface area contributed by atoms with Gasteiger partial charge in [0.1, 0.15) is 0 Å². The molecular formula is C18H23NO3. The molecule has 2 atom stereocenters. The fourth-order valence-corrected chi connectivity index (χ4v) is 3.92. The Labute approximate surface area is 131 Å². The molecule has 0 spiro atoms. The number of rotatable bonds is 2. The number of amides is 1. The van der Waals surface area contributed by atoms with Gasteiger partial charge in [-0.1, -0.05) is 31.5 Å². The van der Waals surface area contributed by atoms with Crippen LogP contribution in [0.4, 0.5) is 5.69 Å². The zero-order valence-electron chi connectivity index (χ0n) is 13.9. The first-order valence-corrected chi connectivity index (χ1v) is 7.76. The quantitative estimate of drug-likeness (QED) is 0.852. The second-order valence-electron chi connectivity index (χ2n) is 7.45. The second kappa shape index (κ2) is 4.34. The Hall–Kier alpha value is -1.84. The summed E-state index contributed by atoms with van der Waals surface area (Å²) in [6.45, 7) is 9.82. The summed E-state index contributed by atoms with van der Waals surface area (Å²) in [6.07, 6.45) is 1.28. The monoisotopic (exact) mass is 301 g/mol. The van der Waals surface area contributed by atoms with Crippen molar-refractivity contribution < 1.29 is 14.3 Å². The van der Waals surface area contributed by atoms with Crippen LogP contribution in [0, 0.1) is 24.7 Å². The van der Waals surface area contributed by atoms with Gasteiger partial charge >= 0.3 is 5.97 Å². The largest absolute Gasteiger partial charge is 0.448 e. The number of hydrogen-bond acceptors (Lipinski definition) is 3. The maximum Gasteiger partial charge on any atom is 0.313 e. The SMILES string of the molecule is Cc1ccc(NC(=O)[C@@]23CC[C@@](C)(C(=O)O2)C3(C)C)c(C)c1. The van der Waals surface area contributed by atoms with Crippen LogP contribution in [0.15, 0.2) is 18.2 Å². The highest BCUT2D eigenvalue weighted by Crippen LogP contribution is 2.65.